The van der Waals surface area contributed by atoms with Crippen molar-refractivity contribution in [2.45, 2.75) is 13.0 Å². The summed E-state index contributed by atoms with van der Waals surface area (Å²) < 4.78 is 45.6. The summed E-state index contributed by atoms with van der Waals surface area (Å²) in [6.07, 6.45) is 0.216. The van der Waals surface area contributed by atoms with E-state index >= 15 is 0 Å². The average Bonchev–Trinajstić information content (AvgIpc) is 3.07. The number of carboxylic acids is 1. The fourth-order valence-corrected chi connectivity index (χ4v) is 3.29. The molecule has 0 saturated carbocycles. The van der Waals surface area contributed by atoms with Crippen molar-refractivity contribution < 1.29 is 57.4 Å². The number of aromatic carboxylic acids is 1. The minimum absolute atomic E-state index is 0. The van der Waals surface area contributed by atoms with Crippen LogP contribution in [0.2, 0.25) is 5.02 Å². The Bertz CT molecular complexity index is 1020. The van der Waals surface area contributed by atoms with E-state index in [0.29, 0.717) is 27.4 Å². The van der Waals surface area contributed by atoms with Gasteiger partial charge in [0, 0.05) is 34.0 Å². The van der Waals surface area contributed by atoms with E-state index in [0.717, 1.165) is 17.4 Å². The van der Waals surface area contributed by atoms with Gasteiger partial charge in [-0.05, 0) is 24.3 Å². The molecule has 3 rings (SSSR count). The summed E-state index contributed by atoms with van der Waals surface area (Å²) in [5, 5.41) is 13.1. The van der Waals surface area contributed by atoms with Gasteiger partial charge in [0.25, 0.3) is 0 Å². The van der Waals surface area contributed by atoms with E-state index in [1.807, 2.05) is 0 Å². The zero-order chi connectivity index (χ0) is 19.6. The molecule has 0 N–H and O–H groups in total. The van der Waals surface area contributed by atoms with Gasteiger partial charge in [0.2, 0.25) is 0 Å². The third kappa shape index (κ3) is 5.48. The molecule has 0 unspecified atom stereocenters. The summed E-state index contributed by atoms with van der Waals surface area (Å²) in [6.45, 7) is -0.334. The van der Waals surface area contributed by atoms with Crippen molar-refractivity contribution in [3.05, 3.63) is 80.0 Å². The van der Waals surface area contributed by atoms with E-state index in [1.165, 1.54) is 5.38 Å². The molecule has 0 aliphatic rings. The molecule has 1 aromatic heterocycles. The molecule has 0 radical (unpaired) electrons. The zero-order valence-corrected chi connectivity index (χ0v) is 18.0. The van der Waals surface area contributed by atoms with Crippen LogP contribution in [0.4, 0.5) is 13.2 Å². The van der Waals surface area contributed by atoms with Gasteiger partial charge >= 0.3 is 29.6 Å². The quantitative estimate of drug-likeness (QED) is 0.423. The van der Waals surface area contributed by atoms with E-state index in [1.54, 1.807) is 18.2 Å². The van der Waals surface area contributed by atoms with E-state index in [9.17, 15) is 23.1 Å². The second-order valence-corrected chi connectivity index (χ2v) is 6.87. The molecule has 1 heterocycles. The Balaban J connectivity index is 0.00000280. The molecule has 140 valence electrons. The third-order valence-electron chi connectivity index (χ3n) is 3.60. The van der Waals surface area contributed by atoms with Crippen molar-refractivity contribution in [1.82, 2.24) is 4.98 Å². The van der Waals surface area contributed by atoms with Gasteiger partial charge in [0.1, 0.15) is 18.2 Å². The van der Waals surface area contributed by atoms with E-state index in [2.05, 4.69) is 4.98 Å². The Morgan fingerprint density at radius 3 is 2.50 bits per heavy atom. The summed E-state index contributed by atoms with van der Waals surface area (Å²) in [4.78, 5) is 14.8. The number of carbonyl (C=O) groups is 1. The number of aromatic nitrogens is 1. The molecule has 0 aliphatic carbocycles. The first-order valence-electron chi connectivity index (χ1n) is 7.54. The summed E-state index contributed by atoms with van der Waals surface area (Å²) in [5.74, 6) is -4.44. The van der Waals surface area contributed by atoms with Gasteiger partial charge < -0.3 is 14.6 Å². The summed E-state index contributed by atoms with van der Waals surface area (Å²) in [6, 6.07) is 5.87. The Kier molecular flexibility index (Phi) is 7.91. The first kappa shape index (κ1) is 22.7. The van der Waals surface area contributed by atoms with Gasteiger partial charge in [-0.2, -0.15) is 0 Å². The Hall–Kier alpha value is -1.58. The van der Waals surface area contributed by atoms with Gasteiger partial charge in [-0.15, -0.1) is 11.3 Å². The van der Waals surface area contributed by atoms with Gasteiger partial charge in [-0.25, -0.2) is 18.2 Å². The van der Waals surface area contributed by atoms with Crippen LogP contribution in [0.3, 0.4) is 0 Å². The van der Waals surface area contributed by atoms with E-state index in [-0.39, 0.29) is 53.8 Å². The minimum Gasteiger partial charge on any atom is -0.543 e. The maximum Gasteiger partial charge on any atom is 1.00 e. The first-order valence-corrected chi connectivity index (χ1v) is 8.79. The van der Waals surface area contributed by atoms with Crippen LogP contribution in [0.1, 0.15) is 26.6 Å². The van der Waals surface area contributed by atoms with E-state index < -0.39 is 23.4 Å². The van der Waals surface area contributed by atoms with Crippen LogP contribution in [0, 0.1) is 17.5 Å². The fourth-order valence-electron chi connectivity index (χ4n) is 2.31. The van der Waals surface area contributed by atoms with Crippen molar-refractivity contribution in [2.24, 2.45) is 0 Å². The number of ether oxygens (including phenoxy) is 1. The molecule has 0 aliphatic heterocycles. The Morgan fingerprint density at radius 1 is 1.11 bits per heavy atom. The monoisotopic (exact) mass is 435 g/mol. The van der Waals surface area contributed by atoms with Crippen LogP contribution in [0.5, 0.6) is 5.75 Å². The second-order valence-electron chi connectivity index (χ2n) is 5.49. The van der Waals surface area contributed by atoms with Crippen molar-refractivity contribution in [3.63, 3.8) is 0 Å². The van der Waals surface area contributed by atoms with Crippen molar-refractivity contribution >= 4 is 28.9 Å². The average molecular weight is 436 g/mol. The van der Waals surface area contributed by atoms with Crippen molar-refractivity contribution in [1.29, 1.82) is 0 Å². The number of rotatable bonds is 6. The molecule has 2 aromatic carbocycles. The summed E-state index contributed by atoms with van der Waals surface area (Å²) in [5.41, 5.74) is 0.247. The number of carbonyl (C=O) groups excluding carboxylic acids is 1. The van der Waals surface area contributed by atoms with Crippen LogP contribution >= 0.6 is 22.9 Å². The van der Waals surface area contributed by atoms with Gasteiger partial charge in [-0.3, -0.25) is 0 Å². The Morgan fingerprint density at radius 2 is 1.82 bits per heavy atom. The summed E-state index contributed by atoms with van der Waals surface area (Å²) >= 11 is 7.12. The molecule has 3 aromatic rings. The van der Waals surface area contributed by atoms with Crippen LogP contribution < -0.4 is 39.4 Å². The number of halogens is 4. The molecule has 4 nitrogen and oxygen atoms in total. The zero-order valence-electron chi connectivity index (χ0n) is 14.5. The molecule has 0 bridgehead atoms. The number of thiazole rings is 1. The normalized spacial score (nSPS) is 10.4. The SMILES string of the molecule is O=C([O-])c1csc(Cc2cc(Cl)ccc2OCc2cc(F)c(F)cc2F)n1.[Na+]. The predicted octanol–water partition coefficient (Wildman–Crippen LogP) is 0.751. The third-order valence-corrected chi connectivity index (χ3v) is 4.68. The molecule has 0 spiro atoms. The van der Waals surface area contributed by atoms with Crippen LogP contribution in [-0.4, -0.2) is 11.0 Å². The van der Waals surface area contributed by atoms with Gasteiger partial charge in [-0.1, -0.05) is 11.6 Å². The van der Waals surface area contributed by atoms with E-state index in [4.69, 9.17) is 16.3 Å². The molecule has 0 saturated heterocycles. The van der Waals surface area contributed by atoms with Gasteiger partial charge in [0.05, 0.1) is 16.7 Å². The molecular weight excluding hydrogens is 426 g/mol. The number of nitrogens with zero attached hydrogens (tertiary/aromatic N) is 1. The van der Waals surface area contributed by atoms with Crippen LogP contribution in [0.25, 0.3) is 0 Å². The smallest absolute Gasteiger partial charge is 0.543 e. The molecule has 10 heteroatoms. The number of hydrogen-bond acceptors (Lipinski definition) is 5. The minimum atomic E-state index is -1.38. The topological polar surface area (TPSA) is 62.2 Å². The molecule has 0 amide bonds. The molecular formula is C18H10ClF3NNaO3S. The van der Waals surface area contributed by atoms with Crippen LogP contribution in [0.15, 0.2) is 35.7 Å². The van der Waals surface area contributed by atoms with Crippen LogP contribution in [-0.2, 0) is 13.0 Å². The Labute approximate surface area is 189 Å². The number of benzene rings is 2. The fraction of sp³-hybridized carbons (Fsp3) is 0.111. The van der Waals surface area contributed by atoms with Gasteiger partial charge in [0.15, 0.2) is 11.6 Å². The maximum absolute atomic E-state index is 13.7. The van der Waals surface area contributed by atoms with Crippen molar-refractivity contribution in [3.8, 4) is 5.75 Å². The number of hydrogen-bond donors (Lipinski definition) is 0. The summed E-state index contributed by atoms with van der Waals surface area (Å²) in [7, 11) is 0. The maximum atomic E-state index is 13.7. The second kappa shape index (κ2) is 9.76. The van der Waals surface area contributed by atoms with Crippen molar-refractivity contribution in [2.75, 3.05) is 0 Å². The molecule has 0 atom stereocenters. The largest absolute Gasteiger partial charge is 1.00 e. The predicted molar refractivity (Wildman–Crippen MR) is 91.4 cm³/mol. The molecule has 28 heavy (non-hydrogen) atoms. The first-order chi connectivity index (χ1) is 12.8. The number of carboxylic acid groups (broad SMARTS) is 1. The molecule has 0 fully saturated rings. The standard InChI is InChI=1S/C18H11ClF3NO3S.Na/c19-11-1-2-16(26-7-10-4-13(21)14(22)6-12(10)20)9(3-11)5-17-23-15(8-27-17)18(24)25;/h1-4,6,8H,5,7H2,(H,24,25);/q;+1/p-1.